The number of rotatable bonds is 5. The molecule has 6 nitrogen and oxygen atoms in total. The smallest absolute Gasteiger partial charge is 0.326 e. The molecule has 118 valence electrons. The van der Waals surface area contributed by atoms with Crippen molar-refractivity contribution in [2.24, 2.45) is 17.8 Å². The van der Waals surface area contributed by atoms with Crippen LogP contribution in [-0.4, -0.2) is 46.9 Å². The number of carbonyl (C=O) groups is 3. The maximum atomic E-state index is 12.2. The molecule has 2 rings (SSSR count). The largest absolute Gasteiger partial charge is 0.480 e. The number of nitrogens with one attached hydrogen (secondary N) is 1. The standard InChI is InChI=1S/C15H24N2O4/c1-9(2)12(15(20)21)16-13(18)10-5-7-17(8-6-10)14(19)11-3-4-11/h9-12H,3-8H2,1-2H3,(H,16,18)(H,20,21). The summed E-state index contributed by atoms with van der Waals surface area (Å²) in [5, 5.41) is 11.7. The number of carboxylic acid groups (broad SMARTS) is 1. The number of piperidine rings is 1. The van der Waals surface area contributed by atoms with Crippen LogP contribution in [0.4, 0.5) is 0 Å². The van der Waals surface area contributed by atoms with Gasteiger partial charge in [0, 0.05) is 24.9 Å². The van der Waals surface area contributed by atoms with Crippen LogP contribution in [0.25, 0.3) is 0 Å². The molecule has 0 aromatic heterocycles. The van der Waals surface area contributed by atoms with Crippen LogP contribution in [0.2, 0.25) is 0 Å². The van der Waals surface area contributed by atoms with Crippen molar-refractivity contribution < 1.29 is 19.5 Å². The van der Waals surface area contributed by atoms with Gasteiger partial charge in [0.1, 0.15) is 6.04 Å². The van der Waals surface area contributed by atoms with Gasteiger partial charge in [-0.15, -0.1) is 0 Å². The van der Waals surface area contributed by atoms with Gasteiger partial charge >= 0.3 is 5.97 Å². The predicted octanol–water partition coefficient (Wildman–Crippen LogP) is 0.860. The van der Waals surface area contributed by atoms with Crippen molar-refractivity contribution in [2.75, 3.05) is 13.1 Å². The third-order valence-corrected chi connectivity index (χ3v) is 4.33. The van der Waals surface area contributed by atoms with Crippen molar-refractivity contribution >= 4 is 17.8 Å². The lowest BCUT2D eigenvalue weighted by Crippen LogP contribution is -2.49. The normalized spacial score (nSPS) is 21.2. The fourth-order valence-corrected chi connectivity index (χ4v) is 2.74. The highest BCUT2D eigenvalue weighted by molar-refractivity contribution is 5.85. The molecule has 0 aromatic carbocycles. The van der Waals surface area contributed by atoms with Crippen molar-refractivity contribution in [3.05, 3.63) is 0 Å². The Labute approximate surface area is 124 Å². The molecule has 1 aliphatic carbocycles. The molecule has 2 amide bonds. The predicted molar refractivity (Wildman–Crippen MR) is 76.4 cm³/mol. The molecular weight excluding hydrogens is 272 g/mol. The highest BCUT2D eigenvalue weighted by atomic mass is 16.4. The minimum absolute atomic E-state index is 0.150. The van der Waals surface area contributed by atoms with Gasteiger partial charge in [-0.2, -0.15) is 0 Å². The van der Waals surface area contributed by atoms with Gasteiger partial charge in [0.25, 0.3) is 0 Å². The van der Waals surface area contributed by atoms with E-state index in [0.29, 0.717) is 25.9 Å². The molecule has 0 aromatic rings. The summed E-state index contributed by atoms with van der Waals surface area (Å²) in [5.74, 6) is -1.10. The van der Waals surface area contributed by atoms with Gasteiger partial charge in [0.15, 0.2) is 0 Å². The monoisotopic (exact) mass is 296 g/mol. The molecule has 1 aliphatic heterocycles. The lowest BCUT2D eigenvalue weighted by molar-refractivity contribution is -0.144. The summed E-state index contributed by atoms with van der Waals surface area (Å²) >= 11 is 0. The van der Waals surface area contributed by atoms with E-state index in [2.05, 4.69) is 5.32 Å². The van der Waals surface area contributed by atoms with Crippen LogP contribution in [0.15, 0.2) is 0 Å². The molecule has 1 atom stereocenters. The quantitative estimate of drug-likeness (QED) is 0.788. The van der Waals surface area contributed by atoms with E-state index < -0.39 is 12.0 Å². The lowest BCUT2D eigenvalue weighted by Gasteiger charge is -2.32. The molecule has 21 heavy (non-hydrogen) atoms. The summed E-state index contributed by atoms with van der Waals surface area (Å²) in [7, 11) is 0. The number of aliphatic carboxylic acids is 1. The summed E-state index contributed by atoms with van der Waals surface area (Å²) in [6.45, 7) is 4.76. The molecule has 2 aliphatic rings. The van der Waals surface area contributed by atoms with E-state index in [1.54, 1.807) is 13.8 Å². The number of hydrogen-bond acceptors (Lipinski definition) is 3. The van der Waals surface area contributed by atoms with E-state index in [1.807, 2.05) is 4.90 Å². The summed E-state index contributed by atoms with van der Waals surface area (Å²) in [6.07, 6.45) is 3.23. The lowest BCUT2D eigenvalue weighted by atomic mass is 9.94. The van der Waals surface area contributed by atoms with Gasteiger partial charge in [-0.3, -0.25) is 9.59 Å². The summed E-state index contributed by atoms with van der Waals surface area (Å²) in [5.41, 5.74) is 0. The Morgan fingerprint density at radius 3 is 2.05 bits per heavy atom. The Hall–Kier alpha value is -1.59. The van der Waals surface area contributed by atoms with Crippen molar-refractivity contribution in [1.29, 1.82) is 0 Å². The third-order valence-electron chi connectivity index (χ3n) is 4.33. The summed E-state index contributed by atoms with van der Waals surface area (Å²) in [4.78, 5) is 37.1. The van der Waals surface area contributed by atoms with E-state index in [4.69, 9.17) is 5.11 Å². The zero-order valence-electron chi connectivity index (χ0n) is 12.7. The Balaban J connectivity index is 1.82. The molecule has 1 unspecified atom stereocenters. The van der Waals surface area contributed by atoms with E-state index in [-0.39, 0.29) is 29.6 Å². The Kier molecular flexibility index (Phi) is 4.85. The average Bonchev–Trinajstić information content (AvgIpc) is 3.27. The average molecular weight is 296 g/mol. The number of carbonyl (C=O) groups excluding carboxylic acids is 2. The SMILES string of the molecule is CC(C)C(NC(=O)C1CCN(C(=O)C2CC2)CC1)C(=O)O. The van der Waals surface area contributed by atoms with Gasteiger partial charge in [-0.25, -0.2) is 4.79 Å². The van der Waals surface area contributed by atoms with Crippen molar-refractivity contribution in [3.63, 3.8) is 0 Å². The fourth-order valence-electron chi connectivity index (χ4n) is 2.74. The van der Waals surface area contributed by atoms with Gasteiger partial charge < -0.3 is 15.3 Å². The van der Waals surface area contributed by atoms with Crippen LogP contribution in [0.3, 0.4) is 0 Å². The molecule has 0 radical (unpaired) electrons. The van der Waals surface area contributed by atoms with Crippen LogP contribution in [0, 0.1) is 17.8 Å². The number of hydrogen-bond donors (Lipinski definition) is 2. The van der Waals surface area contributed by atoms with Crippen LogP contribution >= 0.6 is 0 Å². The molecule has 6 heteroatoms. The Bertz CT molecular complexity index is 423. The minimum atomic E-state index is -1.00. The molecule has 1 saturated heterocycles. The molecule has 2 N–H and O–H groups in total. The second-order valence-corrected chi connectivity index (χ2v) is 6.44. The first kappa shape index (κ1) is 15.8. The summed E-state index contributed by atoms with van der Waals surface area (Å²) in [6, 6.07) is -0.844. The molecule has 0 bridgehead atoms. The first-order valence-electron chi connectivity index (χ1n) is 7.72. The highest BCUT2D eigenvalue weighted by Crippen LogP contribution is 2.32. The topological polar surface area (TPSA) is 86.7 Å². The van der Waals surface area contributed by atoms with Crippen LogP contribution < -0.4 is 5.32 Å². The fraction of sp³-hybridized carbons (Fsp3) is 0.800. The van der Waals surface area contributed by atoms with E-state index >= 15 is 0 Å². The Morgan fingerprint density at radius 2 is 1.62 bits per heavy atom. The van der Waals surface area contributed by atoms with Gasteiger partial charge in [0.2, 0.25) is 11.8 Å². The number of amides is 2. The molecule has 2 fully saturated rings. The van der Waals surface area contributed by atoms with Gasteiger partial charge in [-0.1, -0.05) is 13.8 Å². The zero-order valence-corrected chi connectivity index (χ0v) is 12.7. The van der Waals surface area contributed by atoms with Crippen molar-refractivity contribution in [3.8, 4) is 0 Å². The molecule has 1 heterocycles. The van der Waals surface area contributed by atoms with E-state index in [0.717, 1.165) is 12.8 Å². The van der Waals surface area contributed by atoms with Gasteiger partial charge in [0.05, 0.1) is 0 Å². The number of likely N-dealkylation sites (tertiary alicyclic amines) is 1. The highest BCUT2D eigenvalue weighted by Gasteiger charge is 2.36. The maximum absolute atomic E-state index is 12.2. The first-order chi connectivity index (χ1) is 9.90. The number of carboxylic acids is 1. The van der Waals surface area contributed by atoms with Crippen LogP contribution in [0.5, 0.6) is 0 Å². The minimum Gasteiger partial charge on any atom is -0.480 e. The second kappa shape index (κ2) is 6.45. The van der Waals surface area contributed by atoms with Crippen LogP contribution in [-0.2, 0) is 14.4 Å². The van der Waals surface area contributed by atoms with E-state index in [9.17, 15) is 14.4 Å². The molecule has 0 spiro atoms. The van der Waals surface area contributed by atoms with Gasteiger partial charge in [-0.05, 0) is 31.6 Å². The van der Waals surface area contributed by atoms with Crippen LogP contribution in [0.1, 0.15) is 39.5 Å². The molecular formula is C15H24N2O4. The van der Waals surface area contributed by atoms with Crippen molar-refractivity contribution in [1.82, 2.24) is 10.2 Å². The van der Waals surface area contributed by atoms with E-state index in [1.165, 1.54) is 0 Å². The number of nitrogens with zero attached hydrogens (tertiary/aromatic N) is 1. The summed E-state index contributed by atoms with van der Waals surface area (Å²) < 4.78 is 0. The second-order valence-electron chi connectivity index (χ2n) is 6.44. The van der Waals surface area contributed by atoms with Crippen molar-refractivity contribution in [2.45, 2.75) is 45.6 Å². The Morgan fingerprint density at radius 1 is 1.05 bits per heavy atom. The zero-order chi connectivity index (χ0) is 15.6. The first-order valence-corrected chi connectivity index (χ1v) is 7.72. The third kappa shape index (κ3) is 3.95. The maximum Gasteiger partial charge on any atom is 0.326 e. The molecule has 1 saturated carbocycles.